The molecule has 0 aliphatic carbocycles. The van der Waals surface area contributed by atoms with Gasteiger partial charge in [-0.15, -0.1) is 0 Å². The lowest BCUT2D eigenvalue weighted by Gasteiger charge is -2.15. The number of nitrogens with one attached hydrogen (secondary N) is 1. The Balaban J connectivity index is 3.60. The van der Waals surface area contributed by atoms with E-state index in [1.807, 2.05) is 0 Å². The van der Waals surface area contributed by atoms with Crippen LogP contribution in [0.25, 0.3) is 0 Å². The molecule has 0 aromatic rings. The average molecular weight is 906 g/mol. The van der Waals surface area contributed by atoms with E-state index < -0.39 is 26.5 Å². The summed E-state index contributed by atoms with van der Waals surface area (Å²) in [7, 11) is -4.43. The Bertz CT molecular complexity index is 1220. The van der Waals surface area contributed by atoms with Gasteiger partial charge < -0.3 is 20.1 Å². The van der Waals surface area contributed by atoms with Crippen molar-refractivity contribution in [3.63, 3.8) is 0 Å². The van der Waals surface area contributed by atoms with E-state index in [-0.39, 0.29) is 32.1 Å². The van der Waals surface area contributed by atoms with E-state index in [1.165, 1.54) is 128 Å². The van der Waals surface area contributed by atoms with Crippen molar-refractivity contribution in [2.75, 3.05) is 26.4 Å². The number of carbonyl (C=O) groups excluding carboxylic acids is 2. The smallest absolute Gasteiger partial charge is 0.463 e. The Morgan fingerprint density at radius 3 is 1.33 bits per heavy atom. The number of rotatable bonds is 48. The Kier molecular flexibility index (Phi) is 47.4. The first-order valence-electron chi connectivity index (χ1n) is 25.8. The third kappa shape index (κ3) is 50.6. The Morgan fingerprint density at radius 1 is 0.492 bits per heavy atom. The molecule has 0 aliphatic rings. The summed E-state index contributed by atoms with van der Waals surface area (Å²) < 4.78 is 27.0. The zero-order chi connectivity index (χ0) is 46.0. The number of amides is 1. The first-order chi connectivity index (χ1) is 30.8. The molecule has 0 heterocycles. The molecule has 10 heteroatoms. The first kappa shape index (κ1) is 60.7. The highest BCUT2D eigenvalue weighted by Gasteiger charge is 2.23. The second-order valence-electron chi connectivity index (χ2n) is 17.1. The molecule has 9 nitrogen and oxygen atoms in total. The summed E-state index contributed by atoms with van der Waals surface area (Å²) >= 11 is 0. The molecule has 0 bridgehead atoms. The minimum atomic E-state index is -4.43. The van der Waals surface area contributed by atoms with Crippen molar-refractivity contribution < 1.29 is 37.9 Å². The van der Waals surface area contributed by atoms with Gasteiger partial charge in [0.25, 0.3) is 0 Å². The standard InChI is InChI=1S/C53H96NO8P/c1-3-5-7-9-11-13-15-17-19-21-23-25-27-29-31-33-35-37-39-41-43-45-52(56)54-47-48-61-63(58,59)62-50-51(55)49-60-53(57)46-44-42-40-38-36-34-32-30-28-26-24-22-20-18-16-14-12-10-8-6-4-2/h12,14,17-20,24,26,30,32,51,55H,3-11,13,15-16,21-23,25,27-29,31,33-50H2,1-2H3,(H,54,56)(H,58,59)/b14-12-,19-17+,20-18-,26-24-,32-30-. The van der Waals surface area contributed by atoms with E-state index >= 15 is 0 Å². The Hall–Kier alpha value is -2.29. The van der Waals surface area contributed by atoms with Gasteiger partial charge in [0.2, 0.25) is 5.91 Å². The van der Waals surface area contributed by atoms with Gasteiger partial charge in [0.1, 0.15) is 12.7 Å². The maximum Gasteiger partial charge on any atom is 0.472 e. The van der Waals surface area contributed by atoms with Crippen LogP contribution in [0.2, 0.25) is 0 Å². The molecule has 3 N–H and O–H groups in total. The normalized spacial score (nSPS) is 13.7. The van der Waals surface area contributed by atoms with E-state index in [0.717, 1.165) is 70.6 Å². The lowest BCUT2D eigenvalue weighted by Crippen LogP contribution is -2.27. The first-order valence-corrected chi connectivity index (χ1v) is 27.3. The molecule has 2 unspecified atom stereocenters. The molecule has 0 aromatic heterocycles. The number of ether oxygens (including phenoxy) is 1. The van der Waals surface area contributed by atoms with Crippen LogP contribution in [0.4, 0.5) is 0 Å². The quantitative estimate of drug-likeness (QED) is 0.0238. The second kappa shape index (κ2) is 49.2. The summed E-state index contributed by atoms with van der Waals surface area (Å²) in [5.74, 6) is -0.533. The van der Waals surface area contributed by atoms with Gasteiger partial charge in [0.15, 0.2) is 0 Å². The van der Waals surface area contributed by atoms with Crippen LogP contribution in [0.3, 0.4) is 0 Å². The van der Waals surface area contributed by atoms with Crippen molar-refractivity contribution in [2.24, 2.45) is 0 Å². The van der Waals surface area contributed by atoms with E-state index in [9.17, 15) is 24.2 Å². The van der Waals surface area contributed by atoms with Crippen LogP contribution >= 0.6 is 7.82 Å². The number of esters is 1. The summed E-state index contributed by atoms with van der Waals surface area (Å²) in [5.41, 5.74) is 0. The molecule has 2 atom stereocenters. The van der Waals surface area contributed by atoms with Crippen molar-refractivity contribution in [1.29, 1.82) is 0 Å². The maximum absolute atomic E-state index is 12.2. The van der Waals surface area contributed by atoms with Crippen molar-refractivity contribution in [3.8, 4) is 0 Å². The number of phosphoric acid groups is 1. The number of aliphatic hydroxyl groups excluding tert-OH is 1. The topological polar surface area (TPSA) is 131 Å². The highest BCUT2D eigenvalue weighted by atomic mass is 31.2. The van der Waals surface area contributed by atoms with Gasteiger partial charge in [0.05, 0.1) is 13.2 Å². The number of hydrogen-bond acceptors (Lipinski definition) is 7. The van der Waals surface area contributed by atoms with Crippen molar-refractivity contribution in [2.45, 2.75) is 238 Å². The lowest BCUT2D eigenvalue weighted by atomic mass is 10.0. The summed E-state index contributed by atoms with van der Waals surface area (Å²) in [6.07, 6.45) is 60.1. The molecular formula is C53H96NO8P. The van der Waals surface area contributed by atoms with Gasteiger partial charge in [-0.3, -0.25) is 18.6 Å². The van der Waals surface area contributed by atoms with Crippen LogP contribution in [0.15, 0.2) is 60.8 Å². The number of phosphoric ester groups is 1. The van der Waals surface area contributed by atoms with E-state index in [0.29, 0.717) is 12.8 Å². The molecule has 1 amide bonds. The zero-order valence-corrected chi connectivity index (χ0v) is 41.4. The van der Waals surface area contributed by atoms with Crippen LogP contribution in [0.5, 0.6) is 0 Å². The molecule has 0 rings (SSSR count). The fourth-order valence-electron chi connectivity index (χ4n) is 7.01. The summed E-state index contributed by atoms with van der Waals surface area (Å²) in [6.45, 7) is 3.52. The van der Waals surface area contributed by atoms with E-state index in [1.54, 1.807) is 0 Å². The molecule has 0 radical (unpaired) electrons. The Labute approximate surface area is 387 Å². The van der Waals surface area contributed by atoms with E-state index in [4.69, 9.17) is 13.8 Å². The molecule has 0 aliphatic heterocycles. The van der Waals surface area contributed by atoms with Gasteiger partial charge in [-0.2, -0.15) is 0 Å². The minimum absolute atomic E-state index is 0.0776. The SMILES string of the molecule is CCCCC/C=C\C/C=C\C/C=C\C/C=C\CCCCCCCC(=O)OCC(O)COP(=O)(O)OCCNC(=O)CCCCCCCCCCCCC/C=C/CCCCCCCC. The van der Waals surface area contributed by atoms with Gasteiger partial charge in [0, 0.05) is 19.4 Å². The van der Waals surface area contributed by atoms with Gasteiger partial charge >= 0.3 is 13.8 Å². The second-order valence-corrected chi connectivity index (χ2v) is 18.6. The van der Waals surface area contributed by atoms with Crippen LogP contribution in [0, 0.1) is 0 Å². The number of hydrogen-bond donors (Lipinski definition) is 3. The van der Waals surface area contributed by atoms with Crippen molar-refractivity contribution in [1.82, 2.24) is 5.32 Å². The minimum Gasteiger partial charge on any atom is -0.463 e. The van der Waals surface area contributed by atoms with Crippen molar-refractivity contribution >= 4 is 19.7 Å². The molecule has 0 aromatic carbocycles. The molecule has 366 valence electrons. The third-order valence-electron chi connectivity index (χ3n) is 10.9. The fraction of sp³-hybridized carbons (Fsp3) is 0.774. The average Bonchev–Trinajstić information content (AvgIpc) is 3.27. The predicted molar refractivity (Wildman–Crippen MR) is 266 cm³/mol. The van der Waals surface area contributed by atoms with Crippen LogP contribution in [-0.4, -0.2) is 54.3 Å². The summed E-state index contributed by atoms with van der Waals surface area (Å²) in [4.78, 5) is 34.1. The highest BCUT2D eigenvalue weighted by molar-refractivity contribution is 7.47. The highest BCUT2D eigenvalue weighted by Crippen LogP contribution is 2.42. The number of aliphatic hydroxyl groups is 1. The molecule has 0 saturated heterocycles. The summed E-state index contributed by atoms with van der Waals surface area (Å²) in [5, 5.41) is 12.7. The molecule has 63 heavy (non-hydrogen) atoms. The monoisotopic (exact) mass is 906 g/mol. The molecular weight excluding hydrogens is 810 g/mol. The predicted octanol–water partition coefficient (Wildman–Crippen LogP) is 15.2. The zero-order valence-electron chi connectivity index (χ0n) is 40.5. The van der Waals surface area contributed by atoms with Crippen LogP contribution in [-0.2, 0) is 27.9 Å². The molecule has 0 spiro atoms. The number of carbonyl (C=O) groups is 2. The van der Waals surface area contributed by atoms with E-state index in [2.05, 4.69) is 79.9 Å². The third-order valence-corrected chi connectivity index (χ3v) is 11.9. The van der Waals surface area contributed by atoms with Gasteiger partial charge in [-0.05, 0) is 83.5 Å². The number of unbranched alkanes of at least 4 members (excludes halogenated alkanes) is 25. The van der Waals surface area contributed by atoms with Gasteiger partial charge in [-0.25, -0.2) is 4.57 Å². The molecule has 0 fully saturated rings. The molecule has 0 saturated carbocycles. The maximum atomic E-state index is 12.2. The fourth-order valence-corrected chi connectivity index (χ4v) is 7.76. The van der Waals surface area contributed by atoms with Crippen molar-refractivity contribution in [3.05, 3.63) is 60.8 Å². The van der Waals surface area contributed by atoms with Gasteiger partial charge in [-0.1, -0.05) is 197 Å². The Morgan fingerprint density at radius 2 is 0.857 bits per heavy atom. The summed E-state index contributed by atoms with van der Waals surface area (Å²) in [6, 6.07) is 0. The lowest BCUT2D eigenvalue weighted by molar-refractivity contribution is -0.147. The largest absolute Gasteiger partial charge is 0.472 e. The van der Waals surface area contributed by atoms with Crippen LogP contribution < -0.4 is 5.32 Å². The van der Waals surface area contributed by atoms with Crippen LogP contribution in [0.1, 0.15) is 232 Å². The number of allylic oxidation sites excluding steroid dienone is 10.